The largest absolute Gasteiger partial charge is 0.308 e. The summed E-state index contributed by atoms with van der Waals surface area (Å²) in [6.07, 6.45) is 0. The number of rotatable bonds is 6. The minimum absolute atomic E-state index is 0.531. The first kappa shape index (κ1) is 29.0. The summed E-state index contributed by atoms with van der Waals surface area (Å²) in [5.41, 5.74) is 5.46. The summed E-state index contributed by atoms with van der Waals surface area (Å²) < 4.78 is 2.18. The van der Waals surface area contributed by atoms with Crippen molar-refractivity contribution in [3.05, 3.63) is 193 Å². The Kier molecular flexibility index (Phi) is 7.27. The number of nitrogens with zero attached hydrogens (tertiary/aromatic N) is 3. The Morgan fingerprint density at radius 2 is 1.00 bits per heavy atom. The predicted molar refractivity (Wildman–Crippen MR) is 201 cm³/mol. The molecular formula is C44H29N3Si. The molecule has 0 bridgehead atoms. The van der Waals surface area contributed by atoms with Crippen LogP contribution in [0.4, 0.5) is 5.69 Å². The van der Waals surface area contributed by atoms with Gasteiger partial charge in [-0.05, 0) is 44.9 Å². The van der Waals surface area contributed by atoms with Crippen molar-refractivity contribution in [2.45, 2.75) is 0 Å². The van der Waals surface area contributed by atoms with Gasteiger partial charge in [-0.1, -0.05) is 163 Å². The molecule has 224 valence electrons. The molecule has 0 saturated heterocycles. The van der Waals surface area contributed by atoms with E-state index in [-0.39, 0.29) is 0 Å². The zero-order valence-corrected chi connectivity index (χ0v) is 27.1. The van der Waals surface area contributed by atoms with Crippen LogP contribution >= 0.6 is 0 Å². The Bertz CT molecular complexity index is 2370. The molecule has 0 saturated carbocycles. The molecule has 0 spiro atoms. The van der Waals surface area contributed by atoms with E-state index in [1.165, 1.54) is 15.6 Å². The van der Waals surface area contributed by atoms with Crippen LogP contribution in [0.5, 0.6) is 0 Å². The third-order valence-electron chi connectivity index (χ3n) is 9.44. The SMILES string of the molecule is [C-]#[N+]c1cc([Si](c2ccccc2)(c2ccccc2)c2ccccc2)ccc1-c1cccc(-n2c3ccccc3c3ccccc32)c1C#N. The van der Waals surface area contributed by atoms with Crippen LogP contribution in [-0.2, 0) is 0 Å². The molecule has 0 atom stereocenters. The van der Waals surface area contributed by atoms with E-state index in [0.717, 1.165) is 43.8 Å². The Hall–Kier alpha value is -6.46. The number of nitriles is 1. The molecule has 48 heavy (non-hydrogen) atoms. The first-order chi connectivity index (χ1) is 23.8. The maximum Gasteiger partial charge on any atom is 0.194 e. The molecule has 7 aromatic carbocycles. The van der Waals surface area contributed by atoms with Crippen molar-refractivity contribution in [2.75, 3.05) is 0 Å². The zero-order valence-electron chi connectivity index (χ0n) is 26.1. The van der Waals surface area contributed by atoms with Crippen molar-refractivity contribution in [3.63, 3.8) is 0 Å². The zero-order chi connectivity index (χ0) is 32.5. The standard InChI is InChI=1S/C44H29N3Si/c1-46-41-30-35(48(32-16-5-2-6-17-32,33-18-7-3-8-19-33)34-20-9-4-10-21-34)28-29-37(41)36-24-15-27-44(40(36)31-45)47-42-25-13-11-22-38(42)39-23-12-14-26-43(39)47/h2-30H. The van der Waals surface area contributed by atoms with E-state index < -0.39 is 8.07 Å². The lowest BCUT2D eigenvalue weighted by Gasteiger charge is -2.35. The van der Waals surface area contributed by atoms with E-state index in [4.69, 9.17) is 6.57 Å². The van der Waals surface area contributed by atoms with Crippen LogP contribution in [0, 0.1) is 17.9 Å². The van der Waals surface area contributed by atoms with Gasteiger partial charge in [0.1, 0.15) is 6.07 Å². The molecule has 1 heterocycles. The van der Waals surface area contributed by atoms with Crippen molar-refractivity contribution >= 4 is 56.3 Å². The van der Waals surface area contributed by atoms with Gasteiger partial charge in [-0.3, -0.25) is 0 Å². The summed E-state index contributed by atoms with van der Waals surface area (Å²) in [6.45, 7) is 8.44. The fourth-order valence-electron chi connectivity index (χ4n) is 7.40. The van der Waals surface area contributed by atoms with E-state index in [1.54, 1.807) is 0 Å². The molecule has 1 aromatic heterocycles. The number of aromatic nitrogens is 1. The second kappa shape index (κ2) is 12.0. The lowest BCUT2D eigenvalue weighted by molar-refractivity contribution is 1.17. The number of para-hydroxylation sites is 2. The molecule has 0 fully saturated rings. The molecule has 0 N–H and O–H groups in total. The van der Waals surface area contributed by atoms with Crippen LogP contribution in [-0.4, -0.2) is 12.6 Å². The third-order valence-corrected chi connectivity index (χ3v) is 14.2. The molecule has 4 heteroatoms. The molecule has 0 amide bonds. The van der Waals surface area contributed by atoms with Gasteiger partial charge in [-0.2, -0.15) is 5.26 Å². The van der Waals surface area contributed by atoms with Gasteiger partial charge in [0.15, 0.2) is 13.8 Å². The normalized spacial score (nSPS) is 11.3. The van der Waals surface area contributed by atoms with Gasteiger partial charge in [-0.15, -0.1) is 0 Å². The average Bonchev–Trinajstić information content (AvgIpc) is 3.50. The number of hydrogen-bond acceptors (Lipinski definition) is 1. The van der Waals surface area contributed by atoms with E-state index >= 15 is 0 Å². The number of fused-ring (bicyclic) bond motifs is 3. The fourth-order valence-corrected chi connectivity index (χ4v) is 12.2. The molecular weight excluding hydrogens is 599 g/mol. The Labute approximate surface area is 281 Å². The molecule has 3 nitrogen and oxygen atoms in total. The van der Waals surface area contributed by atoms with Crippen molar-refractivity contribution in [2.24, 2.45) is 0 Å². The summed E-state index contributed by atoms with van der Waals surface area (Å²) in [4.78, 5) is 4.13. The van der Waals surface area contributed by atoms with Crippen LogP contribution in [0.1, 0.15) is 5.56 Å². The fraction of sp³-hybridized carbons (Fsp3) is 0. The van der Waals surface area contributed by atoms with Crippen LogP contribution in [0.15, 0.2) is 176 Å². The van der Waals surface area contributed by atoms with Gasteiger partial charge in [0, 0.05) is 10.8 Å². The van der Waals surface area contributed by atoms with E-state index in [0.29, 0.717) is 11.3 Å². The van der Waals surface area contributed by atoms with Crippen LogP contribution < -0.4 is 20.7 Å². The molecule has 0 aliphatic carbocycles. The van der Waals surface area contributed by atoms with Crippen molar-refractivity contribution in [3.8, 4) is 22.9 Å². The van der Waals surface area contributed by atoms with Crippen LogP contribution in [0.25, 0.3) is 43.5 Å². The monoisotopic (exact) mass is 627 g/mol. The van der Waals surface area contributed by atoms with E-state index in [2.05, 4.69) is 149 Å². The predicted octanol–water partition coefficient (Wildman–Crippen LogP) is 8.25. The maximum atomic E-state index is 10.8. The minimum Gasteiger partial charge on any atom is -0.308 e. The van der Waals surface area contributed by atoms with E-state index in [1.807, 2.05) is 42.5 Å². The molecule has 0 unspecified atom stereocenters. The molecule has 0 radical (unpaired) electrons. The van der Waals surface area contributed by atoms with Gasteiger partial charge in [0.05, 0.1) is 28.9 Å². The highest BCUT2D eigenvalue weighted by atomic mass is 28.3. The average molecular weight is 628 g/mol. The van der Waals surface area contributed by atoms with Gasteiger partial charge >= 0.3 is 0 Å². The van der Waals surface area contributed by atoms with Crippen LogP contribution in [0.3, 0.4) is 0 Å². The maximum absolute atomic E-state index is 10.8. The lowest BCUT2D eigenvalue weighted by Crippen LogP contribution is -2.74. The third kappa shape index (κ3) is 4.48. The van der Waals surface area contributed by atoms with Crippen molar-refractivity contribution < 1.29 is 0 Å². The first-order valence-corrected chi connectivity index (χ1v) is 18.0. The lowest BCUT2D eigenvalue weighted by atomic mass is 9.97. The Morgan fingerprint density at radius 3 is 1.50 bits per heavy atom. The van der Waals surface area contributed by atoms with Crippen LogP contribution in [0.2, 0.25) is 0 Å². The summed E-state index contributed by atoms with van der Waals surface area (Å²) in [5.74, 6) is 0. The molecule has 0 aliphatic rings. The van der Waals surface area contributed by atoms with Gasteiger partial charge in [-0.25, -0.2) is 4.85 Å². The first-order valence-electron chi connectivity index (χ1n) is 16.0. The molecule has 0 aliphatic heterocycles. The van der Waals surface area contributed by atoms with Crippen molar-refractivity contribution in [1.29, 1.82) is 5.26 Å². The Balaban J connectivity index is 1.38. The quantitative estimate of drug-likeness (QED) is 0.104. The summed E-state index contributed by atoms with van der Waals surface area (Å²) in [7, 11) is -2.82. The highest BCUT2D eigenvalue weighted by molar-refractivity contribution is 7.19. The van der Waals surface area contributed by atoms with Gasteiger partial charge in [0.2, 0.25) is 0 Å². The summed E-state index contributed by atoms with van der Waals surface area (Å²) in [6, 6.07) is 63.6. The summed E-state index contributed by atoms with van der Waals surface area (Å²) >= 11 is 0. The van der Waals surface area contributed by atoms with Gasteiger partial charge < -0.3 is 4.57 Å². The number of benzene rings is 7. The van der Waals surface area contributed by atoms with Crippen molar-refractivity contribution in [1.82, 2.24) is 4.57 Å². The second-order valence-electron chi connectivity index (χ2n) is 11.9. The van der Waals surface area contributed by atoms with Gasteiger partial charge in [0.25, 0.3) is 0 Å². The number of hydrogen-bond donors (Lipinski definition) is 0. The Morgan fingerprint density at radius 1 is 0.500 bits per heavy atom. The highest BCUT2D eigenvalue weighted by Crippen LogP contribution is 2.38. The topological polar surface area (TPSA) is 33.1 Å². The minimum atomic E-state index is -2.82. The summed E-state index contributed by atoms with van der Waals surface area (Å²) in [5, 5.41) is 17.9. The second-order valence-corrected chi connectivity index (χ2v) is 15.7. The van der Waals surface area contributed by atoms with E-state index in [9.17, 15) is 5.26 Å². The highest BCUT2D eigenvalue weighted by Gasteiger charge is 2.41. The smallest absolute Gasteiger partial charge is 0.194 e. The molecule has 8 aromatic rings. The molecule has 8 rings (SSSR count).